The maximum absolute atomic E-state index is 12.0. The molecule has 1 aromatic carbocycles. The Morgan fingerprint density at radius 1 is 1.31 bits per heavy atom. The van der Waals surface area contributed by atoms with Crippen molar-refractivity contribution in [1.82, 2.24) is 5.32 Å². The van der Waals surface area contributed by atoms with Gasteiger partial charge in [0.2, 0.25) is 0 Å². The number of carbonyl (C=O) groups is 1. The Balaban J connectivity index is 2.67. The molecule has 0 aliphatic heterocycles. The van der Waals surface area contributed by atoms with Gasteiger partial charge in [0.1, 0.15) is 0 Å². The number of hydrogen-bond donors (Lipinski definition) is 1. The van der Waals surface area contributed by atoms with E-state index in [1.54, 1.807) is 0 Å². The molecule has 0 saturated heterocycles. The molecule has 0 fully saturated rings. The third-order valence-corrected chi connectivity index (χ3v) is 3.31. The van der Waals surface area contributed by atoms with Crippen LogP contribution in [0, 0.1) is 3.57 Å². The van der Waals surface area contributed by atoms with Crippen LogP contribution >= 0.6 is 22.6 Å². The predicted octanol–water partition coefficient (Wildman–Crippen LogP) is 2.79. The van der Waals surface area contributed by atoms with Crippen LogP contribution in [0.4, 0.5) is 0 Å². The molecule has 0 unspecified atom stereocenters. The molecule has 0 heterocycles. The van der Waals surface area contributed by atoms with Gasteiger partial charge in [-0.3, -0.25) is 4.79 Å². The Morgan fingerprint density at radius 3 is 2.38 bits per heavy atom. The lowest BCUT2D eigenvalue weighted by molar-refractivity contribution is -0.123. The largest absolute Gasteiger partial charge is 0.306 e. The highest BCUT2D eigenvalue weighted by Crippen LogP contribution is 2.12. The van der Waals surface area contributed by atoms with Crippen LogP contribution in [0.5, 0.6) is 0 Å². The second kappa shape index (κ2) is 5.77. The molecule has 0 spiro atoms. The van der Waals surface area contributed by atoms with Crippen LogP contribution in [0.3, 0.4) is 0 Å². The summed E-state index contributed by atoms with van der Waals surface area (Å²) >= 11 is 2.26. The number of hydrogen-bond acceptors (Lipinski definition) is 2. The molecule has 0 aliphatic carbocycles. The van der Waals surface area contributed by atoms with E-state index in [0.717, 1.165) is 12.1 Å². The number of likely N-dealkylation sites (N-methyl/N-ethyl adjacent to an activating group) is 1. The average molecular weight is 331 g/mol. The SMILES string of the molecule is CCNC(C)(C)C(=O)Cc1ccc(I)cc1. The molecule has 0 radical (unpaired) electrons. The number of Topliss-reactive ketones (excluding diaryl/α,β-unsaturated/α-hetero) is 1. The fourth-order valence-electron chi connectivity index (χ4n) is 1.55. The van der Waals surface area contributed by atoms with Gasteiger partial charge in [-0.1, -0.05) is 19.1 Å². The first-order valence-corrected chi connectivity index (χ1v) is 6.56. The van der Waals surface area contributed by atoms with Crippen molar-refractivity contribution in [2.75, 3.05) is 6.54 Å². The van der Waals surface area contributed by atoms with Crippen molar-refractivity contribution in [3.05, 3.63) is 33.4 Å². The monoisotopic (exact) mass is 331 g/mol. The minimum Gasteiger partial charge on any atom is -0.306 e. The molecule has 16 heavy (non-hydrogen) atoms. The molecule has 3 heteroatoms. The van der Waals surface area contributed by atoms with Crippen molar-refractivity contribution < 1.29 is 4.79 Å². The molecule has 0 amide bonds. The summed E-state index contributed by atoms with van der Waals surface area (Å²) in [5.41, 5.74) is 0.647. The molecular weight excluding hydrogens is 313 g/mol. The molecule has 0 bridgehead atoms. The summed E-state index contributed by atoms with van der Waals surface area (Å²) in [6, 6.07) is 8.09. The highest BCUT2D eigenvalue weighted by atomic mass is 127. The minimum absolute atomic E-state index is 0.232. The number of ketones is 1. The Morgan fingerprint density at radius 2 is 1.88 bits per heavy atom. The van der Waals surface area contributed by atoms with Gasteiger partial charge >= 0.3 is 0 Å². The van der Waals surface area contributed by atoms with Gasteiger partial charge in [-0.25, -0.2) is 0 Å². The molecule has 1 N–H and O–H groups in total. The summed E-state index contributed by atoms with van der Waals surface area (Å²) < 4.78 is 1.19. The van der Waals surface area contributed by atoms with E-state index in [-0.39, 0.29) is 5.78 Å². The summed E-state index contributed by atoms with van der Waals surface area (Å²) in [7, 11) is 0. The number of carbonyl (C=O) groups excluding carboxylic acids is 1. The van der Waals surface area contributed by atoms with Gasteiger partial charge in [-0.15, -0.1) is 0 Å². The second-order valence-electron chi connectivity index (χ2n) is 4.38. The lowest BCUT2D eigenvalue weighted by Gasteiger charge is -2.24. The molecule has 0 saturated carbocycles. The first kappa shape index (κ1) is 13.6. The molecular formula is C13H18INO. The van der Waals surface area contributed by atoms with E-state index < -0.39 is 5.54 Å². The third kappa shape index (κ3) is 3.87. The molecule has 1 rings (SSSR count). The fraction of sp³-hybridized carbons (Fsp3) is 0.462. The third-order valence-electron chi connectivity index (χ3n) is 2.59. The first-order chi connectivity index (χ1) is 7.45. The number of rotatable bonds is 5. The molecule has 2 nitrogen and oxygen atoms in total. The Hall–Kier alpha value is -0.420. The van der Waals surface area contributed by atoms with E-state index in [9.17, 15) is 4.79 Å². The van der Waals surface area contributed by atoms with Gasteiger partial charge in [0.25, 0.3) is 0 Å². The van der Waals surface area contributed by atoms with Crippen molar-refractivity contribution in [2.45, 2.75) is 32.7 Å². The lowest BCUT2D eigenvalue weighted by atomic mass is 9.93. The van der Waals surface area contributed by atoms with Crippen molar-refractivity contribution in [3.63, 3.8) is 0 Å². The minimum atomic E-state index is -0.433. The van der Waals surface area contributed by atoms with Crippen LogP contribution in [-0.4, -0.2) is 17.9 Å². The summed E-state index contributed by atoms with van der Waals surface area (Å²) in [6.07, 6.45) is 0.497. The van der Waals surface area contributed by atoms with Gasteiger partial charge in [0.05, 0.1) is 5.54 Å². The van der Waals surface area contributed by atoms with E-state index in [2.05, 4.69) is 27.9 Å². The van der Waals surface area contributed by atoms with Crippen molar-refractivity contribution in [3.8, 4) is 0 Å². The lowest BCUT2D eigenvalue weighted by Crippen LogP contribution is -2.47. The van der Waals surface area contributed by atoms with Gasteiger partial charge < -0.3 is 5.32 Å². The first-order valence-electron chi connectivity index (χ1n) is 5.48. The van der Waals surface area contributed by atoms with Gasteiger partial charge in [0.15, 0.2) is 5.78 Å². The standard InChI is InChI=1S/C13H18INO/c1-4-15-13(2,3)12(16)9-10-5-7-11(14)8-6-10/h5-8,15H,4,9H2,1-3H3. The summed E-state index contributed by atoms with van der Waals surface area (Å²) in [5.74, 6) is 0.232. The van der Waals surface area contributed by atoms with E-state index in [1.807, 2.05) is 45.0 Å². The molecule has 1 aromatic rings. The highest BCUT2D eigenvalue weighted by Gasteiger charge is 2.25. The quantitative estimate of drug-likeness (QED) is 0.841. The van der Waals surface area contributed by atoms with Crippen LogP contribution in [0.25, 0.3) is 0 Å². The molecule has 0 aromatic heterocycles. The maximum Gasteiger partial charge on any atom is 0.156 e. The topological polar surface area (TPSA) is 29.1 Å². The Bertz CT molecular complexity index is 357. The zero-order chi connectivity index (χ0) is 12.2. The molecule has 0 atom stereocenters. The van der Waals surface area contributed by atoms with E-state index >= 15 is 0 Å². The van der Waals surface area contributed by atoms with Gasteiger partial charge in [0, 0.05) is 9.99 Å². The summed E-state index contributed by atoms with van der Waals surface area (Å²) in [5, 5.41) is 3.20. The van der Waals surface area contributed by atoms with Crippen LogP contribution in [0.2, 0.25) is 0 Å². The number of benzene rings is 1. The Kier molecular flexibility index (Phi) is 4.92. The van der Waals surface area contributed by atoms with Crippen molar-refractivity contribution in [1.29, 1.82) is 0 Å². The van der Waals surface area contributed by atoms with Crippen LogP contribution in [-0.2, 0) is 11.2 Å². The fourth-order valence-corrected chi connectivity index (χ4v) is 1.91. The average Bonchev–Trinajstić information content (AvgIpc) is 2.21. The van der Waals surface area contributed by atoms with Crippen LogP contribution < -0.4 is 5.32 Å². The number of halogens is 1. The zero-order valence-electron chi connectivity index (χ0n) is 10.0. The van der Waals surface area contributed by atoms with E-state index in [4.69, 9.17) is 0 Å². The van der Waals surface area contributed by atoms with Gasteiger partial charge in [-0.05, 0) is 60.7 Å². The zero-order valence-corrected chi connectivity index (χ0v) is 12.2. The smallest absolute Gasteiger partial charge is 0.156 e. The summed E-state index contributed by atoms with van der Waals surface area (Å²) in [4.78, 5) is 12.0. The highest BCUT2D eigenvalue weighted by molar-refractivity contribution is 14.1. The summed E-state index contributed by atoms with van der Waals surface area (Å²) in [6.45, 7) is 6.70. The second-order valence-corrected chi connectivity index (χ2v) is 5.63. The normalized spacial score (nSPS) is 11.5. The van der Waals surface area contributed by atoms with E-state index in [1.165, 1.54) is 3.57 Å². The predicted molar refractivity (Wildman–Crippen MR) is 75.6 cm³/mol. The van der Waals surface area contributed by atoms with Crippen molar-refractivity contribution in [2.24, 2.45) is 0 Å². The van der Waals surface area contributed by atoms with Crippen LogP contribution in [0.15, 0.2) is 24.3 Å². The van der Waals surface area contributed by atoms with Crippen LogP contribution in [0.1, 0.15) is 26.3 Å². The van der Waals surface area contributed by atoms with E-state index in [0.29, 0.717) is 6.42 Å². The van der Waals surface area contributed by atoms with Crippen molar-refractivity contribution >= 4 is 28.4 Å². The maximum atomic E-state index is 12.0. The Labute approximate surface area is 111 Å². The number of nitrogens with one attached hydrogen (secondary N) is 1. The molecule has 0 aliphatic rings. The molecule has 88 valence electrons. The van der Waals surface area contributed by atoms with Gasteiger partial charge in [-0.2, -0.15) is 0 Å².